The van der Waals surface area contributed by atoms with E-state index in [1.54, 1.807) is 0 Å². The van der Waals surface area contributed by atoms with Gasteiger partial charge in [-0.1, -0.05) is 19.9 Å². The van der Waals surface area contributed by atoms with Gasteiger partial charge in [-0.3, -0.25) is 9.59 Å². The molecule has 1 amide bonds. The second-order valence-corrected chi connectivity index (χ2v) is 8.44. The molecule has 0 aromatic heterocycles. The maximum absolute atomic E-state index is 12.9. The van der Waals surface area contributed by atoms with Crippen LogP contribution >= 0.6 is 0 Å². The van der Waals surface area contributed by atoms with Crippen LogP contribution in [0.1, 0.15) is 65.4 Å². The molecule has 1 aliphatic heterocycles. The Labute approximate surface area is 161 Å². The third kappa shape index (κ3) is 4.18. The second kappa shape index (κ2) is 7.37. The third-order valence-electron chi connectivity index (χ3n) is 4.98. The van der Waals surface area contributed by atoms with E-state index in [2.05, 4.69) is 19.2 Å². The van der Waals surface area contributed by atoms with Gasteiger partial charge in [-0.15, -0.1) is 0 Å². The van der Waals surface area contributed by atoms with Crippen LogP contribution in [0.25, 0.3) is 0 Å². The number of carbonyl (C=O) groups is 2. The van der Waals surface area contributed by atoms with Crippen molar-refractivity contribution in [3.05, 3.63) is 35.0 Å². The van der Waals surface area contributed by atoms with Gasteiger partial charge in [0.15, 0.2) is 17.3 Å². The van der Waals surface area contributed by atoms with Crippen LogP contribution in [0.5, 0.6) is 11.5 Å². The topological polar surface area (TPSA) is 64.6 Å². The highest BCUT2D eigenvalue weighted by atomic mass is 16.5. The molecule has 1 aromatic rings. The Morgan fingerprint density at radius 2 is 1.93 bits per heavy atom. The molecule has 0 spiro atoms. The van der Waals surface area contributed by atoms with Crippen LogP contribution in [0.2, 0.25) is 0 Å². The number of rotatable bonds is 5. The van der Waals surface area contributed by atoms with Crippen molar-refractivity contribution in [3.63, 3.8) is 0 Å². The Kier molecular flexibility index (Phi) is 5.31. The van der Waals surface area contributed by atoms with Crippen LogP contribution < -0.4 is 14.8 Å². The lowest BCUT2D eigenvalue weighted by molar-refractivity contribution is -0.122. The molecule has 1 heterocycles. The number of hydrogen-bond donors (Lipinski definition) is 1. The van der Waals surface area contributed by atoms with Crippen molar-refractivity contribution >= 4 is 11.7 Å². The molecular formula is C22H29NO4. The first kappa shape index (κ1) is 19.5. The molecule has 3 rings (SSSR count). The van der Waals surface area contributed by atoms with Crippen molar-refractivity contribution in [1.82, 2.24) is 5.32 Å². The minimum Gasteiger partial charge on any atom is -0.490 e. The number of Topliss-reactive ketones (excluding diaryl/α,β-unsaturated/α-hetero) is 1. The van der Waals surface area contributed by atoms with E-state index in [0.29, 0.717) is 30.9 Å². The molecule has 2 aliphatic rings. The maximum atomic E-state index is 12.9. The maximum Gasteiger partial charge on any atom is 0.225 e. The molecule has 27 heavy (non-hydrogen) atoms. The summed E-state index contributed by atoms with van der Waals surface area (Å²) in [5.74, 6) is 1.20. The quantitative estimate of drug-likeness (QED) is 0.846. The van der Waals surface area contributed by atoms with Gasteiger partial charge in [0.05, 0.1) is 12.7 Å². The number of benzene rings is 1. The summed E-state index contributed by atoms with van der Waals surface area (Å²) >= 11 is 0. The zero-order valence-corrected chi connectivity index (χ0v) is 16.8. The van der Waals surface area contributed by atoms with E-state index in [9.17, 15) is 9.59 Å². The summed E-state index contributed by atoms with van der Waals surface area (Å²) in [4.78, 5) is 25.2. The second-order valence-electron chi connectivity index (χ2n) is 8.44. The number of amides is 1. The van der Waals surface area contributed by atoms with Crippen LogP contribution in [-0.4, -0.2) is 24.4 Å². The molecule has 1 aliphatic carbocycles. The van der Waals surface area contributed by atoms with Crippen molar-refractivity contribution in [3.8, 4) is 11.5 Å². The van der Waals surface area contributed by atoms with Gasteiger partial charge in [0, 0.05) is 30.0 Å². The van der Waals surface area contributed by atoms with Crippen molar-refractivity contribution in [2.24, 2.45) is 5.41 Å². The number of carbonyl (C=O) groups excluding carboxylic acids is 2. The molecule has 0 saturated heterocycles. The van der Waals surface area contributed by atoms with Crippen molar-refractivity contribution in [2.45, 2.75) is 65.9 Å². The van der Waals surface area contributed by atoms with E-state index >= 15 is 0 Å². The average molecular weight is 371 g/mol. The van der Waals surface area contributed by atoms with Gasteiger partial charge in [-0.05, 0) is 50.3 Å². The lowest BCUT2D eigenvalue weighted by Gasteiger charge is -2.38. The highest BCUT2D eigenvalue weighted by Crippen LogP contribution is 2.45. The average Bonchev–Trinajstić information content (AvgIpc) is 2.53. The van der Waals surface area contributed by atoms with E-state index in [1.165, 1.54) is 0 Å². The number of allylic oxidation sites excluding steroid dienone is 2. The minimum absolute atomic E-state index is 0.0342. The highest BCUT2D eigenvalue weighted by Gasteiger charge is 2.40. The molecule has 5 heteroatoms. The van der Waals surface area contributed by atoms with Crippen molar-refractivity contribution in [1.29, 1.82) is 0 Å². The van der Waals surface area contributed by atoms with Gasteiger partial charge in [-0.25, -0.2) is 0 Å². The highest BCUT2D eigenvalue weighted by molar-refractivity contribution is 6.02. The molecule has 0 saturated carbocycles. The third-order valence-corrected chi connectivity index (χ3v) is 4.98. The van der Waals surface area contributed by atoms with Crippen LogP contribution in [0.3, 0.4) is 0 Å². The van der Waals surface area contributed by atoms with Gasteiger partial charge in [0.25, 0.3) is 0 Å². The molecule has 1 aromatic carbocycles. The largest absolute Gasteiger partial charge is 0.490 e. The Hall–Kier alpha value is -2.30. The Bertz CT molecular complexity index is 792. The molecule has 5 nitrogen and oxygen atoms in total. The van der Waals surface area contributed by atoms with Crippen LogP contribution in [0.15, 0.2) is 29.5 Å². The first-order valence-corrected chi connectivity index (χ1v) is 9.69. The zero-order valence-electron chi connectivity index (χ0n) is 16.8. The van der Waals surface area contributed by atoms with Gasteiger partial charge in [0.2, 0.25) is 5.91 Å². The lowest BCUT2D eigenvalue weighted by atomic mass is 9.70. The Balaban J connectivity index is 2.02. The predicted molar refractivity (Wildman–Crippen MR) is 104 cm³/mol. The Morgan fingerprint density at radius 3 is 2.59 bits per heavy atom. The number of hydrogen-bond acceptors (Lipinski definition) is 4. The van der Waals surface area contributed by atoms with Crippen molar-refractivity contribution < 1.29 is 19.1 Å². The molecule has 0 radical (unpaired) electrons. The van der Waals surface area contributed by atoms with Crippen molar-refractivity contribution in [2.75, 3.05) is 6.61 Å². The van der Waals surface area contributed by atoms with Crippen LogP contribution in [0.4, 0.5) is 0 Å². The fourth-order valence-corrected chi connectivity index (χ4v) is 4.00. The number of ketones is 1. The molecule has 146 valence electrons. The smallest absolute Gasteiger partial charge is 0.225 e. The van der Waals surface area contributed by atoms with E-state index < -0.39 is 0 Å². The number of ether oxygens (including phenoxy) is 2. The van der Waals surface area contributed by atoms with Crippen LogP contribution in [0, 0.1) is 5.41 Å². The van der Waals surface area contributed by atoms with Crippen LogP contribution in [-0.2, 0) is 9.59 Å². The summed E-state index contributed by atoms with van der Waals surface area (Å²) in [7, 11) is 0. The zero-order chi connectivity index (χ0) is 19.8. The molecule has 0 bridgehead atoms. The fourth-order valence-electron chi connectivity index (χ4n) is 4.00. The van der Waals surface area contributed by atoms with E-state index in [1.807, 2.05) is 39.0 Å². The molecular weight excluding hydrogens is 342 g/mol. The molecule has 1 atom stereocenters. The van der Waals surface area contributed by atoms with Gasteiger partial charge < -0.3 is 14.8 Å². The van der Waals surface area contributed by atoms with E-state index in [4.69, 9.17) is 9.47 Å². The normalized spacial score (nSPS) is 21.8. The summed E-state index contributed by atoms with van der Waals surface area (Å²) in [6.07, 6.45) is 1.53. The molecule has 1 N–H and O–H groups in total. The van der Waals surface area contributed by atoms with Gasteiger partial charge in [0.1, 0.15) is 0 Å². The van der Waals surface area contributed by atoms with E-state index in [-0.39, 0.29) is 35.5 Å². The summed E-state index contributed by atoms with van der Waals surface area (Å²) in [5, 5.41) is 2.95. The number of nitrogens with one attached hydrogen (secondary N) is 1. The Morgan fingerprint density at radius 1 is 1.19 bits per heavy atom. The first-order valence-electron chi connectivity index (χ1n) is 9.69. The fraction of sp³-hybridized carbons (Fsp3) is 0.545. The summed E-state index contributed by atoms with van der Waals surface area (Å²) in [5.41, 5.74) is 2.34. The summed E-state index contributed by atoms with van der Waals surface area (Å²) in [6, 6.07) is 5.74. The predicted octanol–water partition coefficient (Wildman–Crippen LogP) is 4.12. The van der Waals surface area contributed by atoms with E-state index in [0.717, 1.165) is 16.8 Å². The molecule has 0 unspecified atom stereocenters. The first-order chi connectivity index (χ1) is 12.7. The minimum atomic E-state index is -0.232. The molecule has 0 fully saturated rings. The van der Waals surface area contributed by atoms with Gasteiger partial charge >= 0.3 is 0 Å². The monoisotopic (exact) mass is 371 g/mol. The van der Waals surface area contributed by atoms with Gasteiger partial charge in [-0.2, -0.15) is 0 Å². The summed E-state index contributed by atoms with van der Waals surface area (Å²) < 4.78 is 11.6. The summed E-state index contributed by atoms with van der Waals surface area (Å²) in [6.45, 7) is 10.5. The standard InChI is InChI=1S/C22H29NO4/c1-6-26-19-9-14(7-8-18(19)27-13(2)3)15-10-20(25)23-16-11-22(4,5)12-17(24)21(15)16/h7-9,13,15H,6,10-12H2,1-5H3,(H,23,25)/t15-/m0/s1. The lowest BCUT2D eigenvalue weighted by Crippen LogP contribution is -2.40. The SMILES string of the molecule is CCOc1cc([C@@H]2CC(=O)NC3=C2C(=O)CC(C)(C)C3)ccc1OC(C)C.